The molecule has 1 aliphatic heterocycles. The molecule has 0 saturated carbocycles. The number of ether oxygens (including phenoxy) is 1. The molecule has 0 aromatic carbocycles. The molecule has 0 bridgehead atoms. The highest BCUT2D eigenvalue weighted by molar-refractivity contribution is 7.89. The van der Waals surface area contributed by atoms with E-state index >= 15 is 0 Å². The van der Waals surface area contributed by atoms with E-state index in [-0.39, 0.29) is 17.1 Å². The number of rotatable bonds is 8. The van der Waals surface area contributed by atoms with E-state index in [0.29, 0.717) is 25.5 Å². The summed E-state index contributed by atoms with van der Waals surface area (Å²) in [6.45, 7) is 6.47. The van der Waals surface area contributed by atoms with Crippen LogP contribution in [0.15, 0.2) is 21.6 Å². The van der Waals surface area contributed by atoms with E-state index in [4.69, 9.17) is 9.15 Å². The molecule has 2 heterocycles. The molecule has 2 unspecified atom stereocenters. The van der Waals surface area contributed by atoms with Gasteiger partial charge < -0.3 is 14.5 Å². The summed E-state index contributed by atoms with van der Waals surface area (Å²) in [6.07, 6.45) is 1.94. The van der Waals surface area contributed by atoms with Crippen LogP contribution in [0, 0.1) is 5.92 Å². The van der Waals surface area contributed by atoms with Crippen molar-refractivity contribution in [1.29, 1.82) is 0 Å². The normalized spacial score (nSPS) is 22.8. The first-order chi connectivity index (χ1) is 10.1. The van der Waals surface area contributed by atoms with Crippen LogP contribution in [0.25, 0.3) is 0 Å². The van der Waals surface area contributed by atoms with Gasteiger partial charge in [0.15, 0.2) is 0 Å². The Morgan fingerprint density at radius 2 is 2.14 bits per heavy atom. The Morgan fingerprint density at radius 1 is 1.33 bits per heavy atom. The van der Waals surface area contributed by atoms with E-state index in [0.717, 1.165) is 19.4 Å². The minimum atomic E-state index is -3.58. The fourth-order valence-electron chi connectivity index (χ4n) is 2.51. The highest BCUT2D eigenvalue weighted by Crippen LogP contribution is 2.23. The van der Waals surface area contributed by atoms with Gasteiger partial charge in [0.2, 0.25) is 5.09 Å². The van der Waals surface area contributed by atoms with E-state index in [1.54, 1.807) is 6.07 Å². The smallest absolute Gasteiger partial charge is 0.273 e. The van der Waals surface area contributed by atoms with Crippen LogP contribution >= 0.6 is 0 Å². The third kappa shape index (κ3) is 4.29. The van der Waals surface area contributed by atoms with E-state index in [1.165, 1.54) is 6.07 Å². The standard InChI is InChI=1S/C14H24N2O4S/c1-3-13-11(7-8-19-13)9-16-21(17,18)14-6-5-12(20-14)10-15-4-2/h5-6,11,13,15-16H,3-4,7-10H2,1-2H3. The zero-order chi connectivity index (χ0) is 15.3. The summed E-state index contributed by atoms with van der Waals surface area (Å²) >= 11 is 0. The predicted molar refractivity (Wildman–Crippen MR) is 79.4 cm³/mol. The molecular weight excluding hydrogens is 292 g/mol. The van der Waals surface area contributed by atoms with Crippen molar-refractivity contribution in [3.8, 4) is 0 Å². The van der Waals surface area contributed by atoms with Crippen LogP contribution in [0.2, 0.25) is 0 Å². The Morgan fingerprint density at radius 3 is 2.86 bits per heavy atom. The van der Waals surface area contributed by atoms with Gasteiger partial charge in [0.25, 0.3) is 10.0 Å². The average Bonchev–Trinajstić information content (AvgIpc) is 3.12. The van der Waals surface area contributed by atoms with Crippen LogP contribution < -0.4 is 10.0 Å². The SMILES string of the molecule is CCNCc1ccc(S(=O)(=O)NCC2CCOC2CC)o1. The fraction of sp³-hybridized carbons (Fsp3) is 0.714. The van der Waals surface area contributed by atoms with Gasteiger partial charge in [0, 0.05) is 19.1 Å². The zero-order valence-corrected chi connectivity index (χ0v) is 13.4. The molecule has 6 nitrogen and oxygen atoms in total. The van der Waals surface area contributed by atoms with Crippen molar-refractivity contribution in [1.82, 2.24) is 10.0 Å². The Bertz CT molecular complexity index is 541. The summed E-state index contributed by atoms with van der Waals surface area (Å²) in [4.78, 5) is 0. The Kier molecular flexibility index (Phi) is 5.80. The Hall–Kier alpha value is -0.890. The molecule has 0 radical (unpaired) electrons. The maximum absolute atomic E-state index is 12.2. The van der Waals surface area contributed by atoms with Crippen LogP contribution in [0.1, 0.15) is 32.4 Å². The minimum Gasteiger partial charge on any atom is -0.447 e. The zero-order valence-electron chi connectivity index (χ0n) is 12.6. The third-order valence-electron chi connectivity index (χ3n) is 3.74. The predicted octanol–water partition coefficient (Wildman–Crippen LogP) is 1.48. The third-order valence-corrected chi connectivity index (χ3v) is 5.03. The van der Waals surface area contributed by atoms with E-state index in [2.05, 4.69) is 17.0 Å². The molecule has 1 fully saturated rings. The first-order valence-electron chi connectivity index (χ1n) is 7.47. The molecule has 2 N–H and O–H groups in total. The van der Waals surface area contributed by atoms with Crippen LogP contribution in [0.4, 0.5) is 0 Å². The monoisotopic (exact) mass is 316 g/mol. The van der Waals surface area contributed by atoms with Crippen molar-refractivity contribution >= 4 is 10.0 Å². The number of furan rings is 1. The van der Waals surface area contributed by atoms with E-state index < -0.39 is 10.0 Å². The van der Waals surface area contributed by atoms with E-state index in [9.17, 15) is 8.42 Å². The summed E-state index contributed by atoms with van der Waals surface area (Å²) < 4.78 is 38.0. The first-order valence-corrected chi connectivity index (χ1v) is 8.95. The van der Waals surface area contributed by atoms with Crippen molar-refractivity contribution in [2.45, 2.75) is 44.4 Å². The van der Waals surface area contributed by atoms with Crippen molar-refractivity contribution < 1.29 is 17.6 Å². The van der Waals surface area contributed by atoms with Crippen LogP contribution in [-0.4, -0.2) is 34.2 Å². The summed E-state index contributed by atoms with van der Waals surface area (Å²) in [7, 11) is -3.58. The first kappa shape index (κ1) is 16.5. The lowest BCUT2D eigenvalue weighted by molar-refractivity contribution is 0.0884. The molecule has 0 amide bonds. The van der Waals surface area contributed by atoms with Crippen molar-refractivity contribution in [3.05, 3.63) is 17.9 Å². The second kappa shape index (κ2) is 7.40. The largest absolute Gasteiger partial charge is 0.447 e. The van der Waals surface area contributed by atoms with Crippen molar-refractivity contribution in [3.63, 3.8) is 0 Å². The minimum absolute atomic E-state index is 0.0256. The van der Waals surface area contributed by atoms with Crippen molar-refractivity contribution in [2.24, 2.45) is 5.92 Å². The fourth-order valence-corrected chi connectivity index (χ4v) is 3.55. The number of sulfonamides is 1. The van der Waals surface area contributed by atoms with Crippen molar-refractivity contribution in [2.75, 3.05) is 19.7 Å². The number of nitrogens with one attached hydrogen (secondary N) is 2. The summed E-state index contributed by atoms with van der Waals surface area (Å²) in [5.74, 6) is 0.855. The topological polar surface area (TPSA) is 80.6 Å². The van der Waals surface area contributed by atoms with Gasteiger partial charge in [-0.3, -0.25) is 0 Å². The maximum Gasteiger partial charge on any atom is 0.273 e. The summed E-state index contributed by atoms with van der Waals surface area (Å²) in [5, 5.41) is 3.07. The molecular formula is C14H24N2O4S. The molecule has 1 aliphatic rings. The molecule has 1 saturated heterocycles. The summed E-state index contributed by atoms with van der Waals surface area (Å²) in [5.41, 5.74) is 0. The van der Waals surface area contributed by atoms with Crippen LogP contribution in [0.5, 0.6) is 0 Å². The number of hydrogen-bond donors (Lipinski definition) is 2. The molecule has 0 aliphatic carbocycles. The molecule has 1 aromatic heterocycles. The lowest BCUT2D eigenvalue weighted by Crippen LogP contribution is -2.32. The van der Waals surface area contributed by atoms with Gasteiger partial charge >= 0.3 is 0 Å². The highest BCUT2D eigenvalue weighted by atomic mass is 32.2. The van der Waals surface area contributed by atoms with Gasteiger partial charge in [-0.2, -0.15) is 0 Å². The van der Waals surface area contributed by atoms with Gasteiger partial charge in [-0.15, -0.1) is 0 Å². The maximum atomic E-state index is 12.2. The second-order valence-corrected chi connectivity index (χ2v) is 6.92. The number of hydrogen-bond acceptors (Lipinski definition) is 5. The van der Waals surface area contributed by atoms with Gasteiger partial charge in [0.05, 0.1) is 12.6 Å². The van der Waals surface area contributed by atoms with Gasteiger partial charge in [0.1, 0.15) is 5.76 Å². The molecule has 120 valence electrons. The van der Waals surface area contributed by atoms with Gasteiger partial charge in [-0.05, 0) is 31.5 Å². The Labute approximate surface area is 126 Å². The van der Waals surface area contributed by atoms with E-state index in [1.807, 2.05) is 6.92 Å². The average molecular weight is 316 g/mol. The Balaban J connectivity index is 1.93. The molecule has 21 heavy (non-hydrogen) atoms. The second-order valence-electron chi connectivity index (χ2n) is 5.22. The molecule has 1 aromatic rings. The molecule has 2 atom stereocenters. The molecule has 0 spiro atoms. The van der Waals surface area contributed by atoms with Crippen LogP contribution in [0.3, 0.4) is 0 Å². The summed E-state index contributed by atoms with van der Waals surface area (Å²) in [6, 6.07) is 3.18. The highest BCUT2D eigenvalue weighted by Gasteiger charge is 2.29. The van der Waals surface area contributed by atoms with Gasteiger partial charge in [-0.25, -0.2) is 13.1 Å². The lowest BCUT2D eigenvalue weighted by atomic mass is 10.0. The quantitative estimate of drug-likeness (QED) is 0.759. The molecule has 2 rings (SSSR count). The molecule has 7 heteroatoms. The van der Waals surface area contributed by atoms with Gasteiger partial charge in [-0.1, -0.05) is 13.8 Å². The lowest BCUT2D eigenvalue weighted by Gasteiger charge is -2.16. The van der Waals surface area contributed by atoms with Crippen LogP contribution in [-0.2, 0) is 21.3 Å².